The Morgan fingerprint density at radius 3 is 3.18 bits per heavy atom. The van der Waals surface area contributed by atoms with Gasteiger partial charge in [-0.3, -0.25) is 0 Å². The minimum Gasteiger partial charge on any atom is -0.449 e. The van der Waals surface area contributed by atoms with Crippen molar-refractivity contribution >= 4 is 6.09 Å². The third-order valence-corrected chi connectivity index (χ3v) is 2.53. The average Bonchev–Trinajstić information content (AvgIpc) is 2.31. The average molecular weight is 155 g/mol. The fourth-order valence-corrected chi connectivity index (χ4v) is 2.01. The summed E-state index contributed by atoms with van der Waals surface area (Å²) < 4.78 is 4.93. The molecule has 0 aromatic rings. The van der Waals surface area contributed by atoms with E-state index in [0.717, 1.165) is 19.4 Å². The summed E-state index contributed by atoms with van der Waals surface area (Å²) in [6.07, 6.45) is 2.08. The van der Waals surface area contributed by atoms with Crippen molar-refractivity contribution in [3.8, 4) is 0 Å². The van der Waals surface area contributed by atoms with Crippen molar-refractivity contribution in [3.63, 3.8) is 0 Å². The fourth-order valence-electron chi connectivity index (χ4n) is 2.01. The molecule has 1 amide bonds. The summed E-state index contributed by atoms with van der Waals surface area (Å²) in [5.41, 5.74) is 0. The molecular formula is C8H13NO2. The number of amides is 1. The highest BCUT2D eigenvalue weighted by molar-refractivity contribution is 5.69. The summed E-state index contributed by atoms with van der Waals surface area (Å²) in [4.78, 5) is 13.0. The van der Waals surface area contributed by atoms with E-state index >= 15 is 0 Å². The molecular weight excluding hydrogens is 142 g/mol. The summed E-state index contributed by atoms with van der Waals surface area (Å²) in [5, 5.41) is 0. The van der Waals surface area contributed by atoms with Crippen LogP contribution in [0.3, 0.4) is 0 Å². The van der Waals surface area contributed by atoms with E-state index in [0.29, 0.717) is 18.6 Å². The highest BCUT2D eigenvalue weighted by Gasteiger charge is 2.36. The lowest BCUT2D eigenvalue weighted by Crippen LogP contribution is -2.41. The van der Waals surface area contributed by atoms with Crippen LogP contribution in [0.1, 0.15) is 19.8 Å². The van der Waals surface area contributed by atoms with E-state index in [9.17, 15) is 4.79 Å². The van der Waals surface area contributed by atoms with Gasteiger partial charge in [0.25, 0.3) is 0 Å². The summed E-state index contributed by atoms with van der Waals surface area (Å²) >= 11 is 0. The molecule has 11 heavy (non-hydrogen) atoms. The topological polar surface area (TPSA) is 29.5 Å². The zero-order chi connectivity index (χ0) is 7.84. The van der Waals surface area contributed by atoms with E-state index in [1.807, 2.05) is 4.90 Å². The predicted octanol–water partition coefficient (Wildman–Crippen LogP) is 1.24. The van der Waals surface area contributed by atoms with Crippen LogP contribution in [-0.4, -0.2) is 30.2 Å². The normalized spacial score (nSPS) is 36.8. The van der Waals surface area contributed by atoms with Crippen LogP contribution in [0.25, 0.3) is 0 Å². The molecule has 62 valence electrons. The van der Waals surface area contributed by atoms with Gasteiger partial charge in [-0.1, -0.05) is 6.92 Å². The van der Waals surface area contributed by atoms with Gasteiger partial charge in [0.2, 0.25) is 0 Å². The van der Waals surface area contributed by atoms with E-state index in [2.05, 4.69) is 6.92 Å². The van der Waals surface area contributed by atoms with Gasteiger partial charge in [-0.15, -0.1) is 0 Å². The Labute approximate surface area is 66.3 Å². The molecule has 2 saturated heterocycles. The van der Waals surface area contributed by atoms with Gasteiger partial charge in [-0.25, -0.2) is 4.79 Å². The highest BCUT2D eigenvalue weighted by atomic mass is 16.6. The van der Waals surface area contributed by atoms with Gasteiger partial charge in [-0.2, -0.15) is 0 Å². The number of carbonyl (C=O) groups excluding carboxylic acids is 1. The lowest BCUT2D eigenvalue weighted by atomic mass is 10.1. The molecule has 3 heteroatoms. The third kappa shape index (κ3) is 1.08. The number of ether oxygens (including phenoxy) is 1. The number of fused-ring (bicyclic) bond motifs is 1. The maximum absolute atomic E-state index is 11.1. The molecule has 3 nitrogen and oxygen atoms in total. The summed E-state index contributed by atoms with van der Waals surface area (Å²) in [6, 6.07) is 0.478. The van der Waals surface area contributed by atoms with Crippen molar-refractivity contribution in [1.82, 2.24) is 4.90 Å². The van der Waals surface area contributed by atoms with Gasteiger partial charge < -0.3 is 9.64 Å². The summed E-state index contributed by atoms with van der Waals surface area (Å²) in [7, 11) is 0. The van der Waals surface area contributed by atoms with Crippen molar-refractivity contribution in [2.45, 2.75) is 25.8 Å². The molecule has 2 unspecified atom stereocenters. The molecule has 2 aliphatic heterocycles. The minimum absolute atomic E-state index is 0.106. The van der Waals surface area contributed by atoms with Crippen LogP contribution < -0.4 is 0 Å². The lowest BCUT2D eigenvalue weighted by Gasteiger charge is -2.28. The van der Waals surface area contributed by atoms with Crippen LogP contribution in [-0.2, 0) is 4.74 Å². The van der Waals surface area contributed by atoms with Crippen LogP contribution in [0, 0.1) is 5.92 Å². The van der Waals surface area contributed by atoms with Gasteiger partial charge in [0.15, 0.2) is 0 Å². The Bertz CT molecular complexity index is 181. The molecule has 0 aromatic heterocycles. The van der Waals surface area contributed by atoms with Crippen molar-refractivity contribution in [1.29, 1.82) is 0 Å². The molecule has 2 heterocycles. The summed E-state index contributed by atoms with van der Waals surface area (Å²) in [5.74, 6) is 0.658. The van der Waals surface area contributed by atoms with Crippen molar-refractivity contribution < 1.29 is 9.53 Å². The Morgan fingerprint density at radius 2 is 2.45 bits per heavy atom. The largest absolute Gasteiger partial charge is 0.449 e. The van der Waals surface area contributed by atoms with Crippen LogP contribution >= 0.6 is 0 Å². The van der Waals surface area contributed by atoms with Crippen LogP contribution in [0.5, 0.6) is 0 Å². The van der Waals surface area contributed by atoms with E-state index in [1.165, 1.54) is 0 Å². The number of rotatable bonds is 0. The number of hydrogen-bond acceptors (Lipinski definition) is 2. The smallest absolute Gasteiger partial charge is 0.410 e. The van der Waals surface area contributed by atoms with Crippen LogP contribution in [0.4, 0.5) is 4.79 Å². The predicted molar refractivity (Wildman–Crippen MR) is 40.2 cm³/mol. The second-order valence-corrected chi connectivity index (χ2v) is 3.55. The second kappa shape index (κ2) is 2.40. The first-order valence-electron chi connectivity index (χ1n) is 4.21. The molecule has 2 atom stereocenters. The van der Waals surface area contributed by atoms with Gasteiger partial charge in [0.1, 0.15) is 0 Å². The van der Waals surface area contributed by atoms with E-state index in [4.69, 9.17) is 4.74 Å². The van der Waals surface area contributed by atoms with Crippen molar-refractivity contribution in [2.24, 2.45) is 5.92 Å². The minimum atomic E-state index is -0.106. The van der Waals surface area contributed by atoms with Crippen LogP contribution in [0.15, 0.2) is 0 Å². The number of hydrogen-bond donors (Lipinski definition) is 0. The van der Waals surface area contributed by atoms with Crippen molar-refractivity contribution in [3.05, 3.63) is 0 Å². The molecule has 0 spiro atoms. The molecule has 0 aromatic carbocycles. The standard InChI is InChI=1S/C8H13NO2/c1-6-4-7-2-3-11-8(10)9(7)5-6/h6-7H,2-5H2,1H3. The molecule has 0 saturated carbocycles. The lowest BCUT2D eigenvalue weighted by molar-refractivity contribution is 0.0602. The molecule has 0 aliphatic carbocycles. The maximum atomic E-state index is 11.1. The Hall–Kier alpha value is -0.730. The van der Waals surface area contributed by atoms with Crippen LogP contribution in [0.2, 0.25) is 0 Å². The monoisotopic (exact) mass is 155 g/mol. The third-order valence-electron chi connectivity index (χ3n) is 2.53. The molecule has 0 bridgehead atoms. The van der Waals surface area contributed by atoms with E-state index in [1.54, 1.807) is 0 Å². The first-order valence-corrected chi connectivity index (χ1v) is 4.21. The highest BCUT2D eigenvalue weighted by Crippen LogP contribution is 2.28. The first-order chi connectivity index (χ1) is 5.27. The fraction of sp³-hybridized carbons (Fsp3) is 0.875. The van der Waals surface area contributed by atoms with Gasteiger partial charge in [0.05, 0.1) is 6.61 Å². The number of nitrogens with zero attached hydrogens (tertiary/aromatic N) is 1. The van der Waals surface area contributed by atoms with Gasteiger partial charge in [-0.05, 0) is 12.3 Å². The SMILES string of the molecule is CC1CC2CCOC(=O)N2C1. The Balaban J connectivity index is 2.09. The molecule has 0 radical (unpaired) electrons. The molecule has 0 N–H and O–H groups in total. The van der Waals surface area contributed by atoms with Gasteiger partial charge >= 0.3 is 6.09 Å². The second-order valence-electron chi connectivity index (χ2n) is 3.55. The number of carbonyl (C=O) groups is 1. The summed E-state index contributed by atoms with van der Waals surface area (Å²) in [6.45, 7) is 3.70. The van der Waals surface area contributed by atoms with Crippen molar-refractivity contribution in [2.75, 3.05) is 13.2 Å². The molecule has 2 aliphatic rings. The Kier molecular flexibility index (Phi) is 1.51. The first kappa shape index (κ1) is 6.95. The molecule has 2 rings (SSSR count). The zero-order valence-electron chi connectivity index (χ0n) is 6.75. The Morgan fingerprint density at radius 1 is 1.64 bits per heavy atom. The molecule has 2 fully saturated rings. The maximum Gasteiger partial charge on any atom is 0.410 e. The van der Waals surface area contributed by atoms with E-state index in [-0.39, 0.29) is 6.09 Å². The quantitative estimate of drug-likeness (QED) is 0.526. The zero-order valence-corrected chi connectivity index (χ0v) is 6.75. The van der Waals surface area contributed by atoms with E-state index < -0.39 is 0 Å². The number of cyclic esters (lactones) is 1. The van der Waals surface area contributed by atoms with Gasteiger partial charge in [0, 0.05) is 19.0 Å².